The summed E-state index contributed by atoms with van der Waals surface area (Å²) >= 11 is 1.31. The number of hydrogen-bond acceptors (Lipinski definition) is 5. The van der Waals surface area contributed by atoms with Gasteiger partial charge in [-0.05, 0) is 64.1 Å². The quantitative estimate of drug-likeness (QED) is 0.652. The molecule has 2 aliphatic heterocycles. The third-order valence-electron chi connectivity index (χ3n) is 5.97. The highest BCUT2D eigenvalue weighted by molar-refractivity contribution is 8.13. The molecule has 152 valence electrons. The van der Waals surface area contributed by atoms with Gasteiger partial charge in [0.25, 0.3) is 0 Å². The minimum Gasteiger partial charge on any atom is -0.400 e. The molecule has 0 aromatic heterocycles. The van der Waals surface area contributed by atoms with Gasteiger partial charge in [-0.3, -0.25) is 4.79 Å². The van der Waals surface area contributed by atoms with E-state index >= 15 is 0 Å². The zero-order chi connectivity index (χ0) is 20.4. The van der Waals surface area contributed by atoms with E-state index in [0.29, 0.717) is 5.75 Å². The molecular formula is C22H32BNO3S. The van der Waals surface area contributed by atoms with Crippen LogP contribution in [0.25, 0.3) is 6.08 Å². The van der Waals surface area contributed by atoms with E-state index in [0.717, 1.165) is 18.6 Å². The van der Waals surface area contributed by atoms with Gasteiger partial charge in [0.05, 0.1) is 11.2 Å². The molecule has 0 radical (unpaired) electrons. The molecule has 0 N–H and O–H groups in total. The predicted molar refractivity (Wildman–Crippen MR) is 120 cm³/mol. The summed E-state index contributed by atoms with van der Waals surface area (Å²) in [6, 6.07) is 8.50. The number of rotatable bonds is 5. The van der Waals surface area contributed by atoms with Gasteiger partial charge in [0, 0.05) is 31.5 Å². The molecule has 3 rings (SSSR count). The second kappa shape index (κ2) is 8.64. The van der Waals surface area contributed by atoms with Crippen LogP contribution in [0.1, 0.15) is 59.4 Å². The number of piperidine rings is 1. The van der Waals surface area contributed by atoms with Crippen LogP contribution in [0.2, 0.25) is 0 Å². The Kier molecular flexibility index (Phi) is 6.63. The normalized spacial score (nSPS) is 21.8. The van der Waals surface area contributed by atoms with E-state index in [9.17, 15) is 4.79 Å². The van der Waals surface area contributed by atoms with Crippen LogP contribution in [0.3, 0.4) is 0 Å². The second-order valence-electron chi connectivity index (χ2n) is 8.69. The molecule has 2 saturated heterocycles. The Balaban J connectivity index is 1.93. The molecule has 2 fully saturated rings. The maximum Gasteiger partial charge on any atom is 0.491 e. The van der Waals surface area contributed by atoms with E-state index in [1.165, 1.54) is 42.3 Å². The van der Waals surface area contributed by atoms with Crippen LogP contribution in [0.15, 0.2) is 29.7 Å². The highest BCUT2D eigenvalue weighted by atomic mass is 32.2. The zero-order valence-corrected chi connectivity index (χ0v) is 18.6. The van der Waals surface area contributed by atoms with Crippen LogP contribution in [-0.2, 0) is 14.1 Å². The van der Waals surface area contributed by atoms with Gasteiger partial charge in [-0.2, -0.15) is 0 Å². The van der Waals surface area contributed by atoms with Gasteiger partial charge < -0.3 is 14.2 Å². The second-order valence-corrected chi connectivity index (χ2v) is 9.85. The fourth-order valence-corrected chi connectivity index (χ4v) is 4.18. The summed E-state index contributed by atoms with van der Waals surface area (Å²) < 4.78 is 12.6. The molecule has 0 unspecified atom stereocenters. The average Bonchev–Trinajstić information content (AvgIpc) is 2.87. The number of nitrogens with zero attached hydrogens (tertiary/aromatic N) is 1. The first-order valence-electron chi connectivity index (χ1n) is 10.2. The van der Waals surface area contributed by atoms with Crippen LogP contribution in [0.5, 0.6) is 0 Å². The lowest BCUT2D eigenvalue weighted by Gasteiger charge is -2.32. The third kappa shape index (κ3) is 4.84. The van der Waals surface area contributed by atoms with E-state index in [2.05, 4.69) is 62.9 Å². The molecule has 1 aromatic carbocycles. The van der Waals surface area contributed by atoms with Crippen LogP contribution < -0.4 is 4.90 Å². The lowest BCUT2D eigenvalue weighted by molar-refractivity contribution is -0.109. The fourth-order valence-electron chi connectivity index (χ4n) is 3.59. The average molecular weight is 401 g/mol. The molecule has 0 aliphatic carbocycles. The Morgan fingerprint density at radius 1 is 1.11 bits per heavy atom. The predicted octanol–water partition coefficient (Wildman–Crippen LogP) is 4.97. The highest BCUT2D eigenvalue weighted by Crippen LogP contribution is 2.40. The zero-order valence-electron chi connectivity index (χ0n) is 17.8. The van der Waals surface area contributed by atoms with E-state index in [-0.39, 0.29) is 5.12 Å². The summed E-state index contributed by atoms with van der Waals surface area (Å²) in [5.74, 6) is 0.570. The molecule has 0 spiro atoms. The fraction of sp³-hybridized carbons (Fsp3) is 0.591. The monoisotopic (exact) mass is 401 g/mol. The topological polar surface area (TPSA) is 38.8 Å². The minimum absolute atomic E-state index is 0.103. The number of benzene rings is 1. The van der Waals surface area contributed by atoms with Crippen LogP contribution in [0.4, 0.5) is 5.69 Å². The van der Waals surface area contributed by atoms with E-state index in [1.54, 1.807) is 6.92 Å². The molecule has 28 heavy (non-hydrogen) atoms. The first kappa shape index (κ1) is 21.5. The Hall–Kier alpha value is -1.24. The van der Waals surface area contributed by atoms with E-state index in [4.69, 9.17) is 9.31 Å². The molecule has 0 bridgehead atoms. The molecule has 0 atom stereocenters. The van der Waals surface area contributed by atoms with Crippen molar-refractivity contribution in [1.29, 1.82) is 0 Å². The summed E-state index contributed by atoms with van der Waals surface area (Å²) in [5.41, 5.74) is 2.62. The standard InChI is InChI=1S/C22H32BNO3S/c1-17(25)28-16-19(23-26-21(2,3)22(4,5)27-23)15-18-11-7-8-12-20(18)24-13-9-6-10-14-24/h7-8,11-12,15H,6,9-10,13-14,16H2,1-5H3. The number of para-hydroxylation sites is 1. The van der Waals surface area contributed by atoms with Crippen molar-refractivity contribution in [2.45, 2.75) is 65.1 Å². The van der Waals surface area contributed by atoms with Crippen molar-refractivity contribution >= 4 is 35.8 Å². The Bertz CT molecular complexity index is 725. The first-order valence-corrected chi connectivity index (χ1v) is 11.2. The summed E-state index contributed by atoms with van der Waals surface area (Å²) in [4.78, 5) is 14.1. The molecule has 0 amide bonds. The van der Waals surface area contributed by atoms with Crippen molar-refractivity contribution in [3.63, 3.8) is 0 Å². The lowest BCUT2D eigenvalue weighted by Crippen LogP contribution is -2.41. The molecule has 2 heterocycles. The number of anilines is 1. The van der Waals surface area contributed by atoms with Crippen LogP contribution in [0, 0.1) is 0 Å². The van der Waals surface area contributed by atoms with Gasteiger partial charge in [-0.1, -0.05) is 36.0 Å². The molecule has 1 aromatic rings. The van der Waals surface area contributed by atoms with Crippen LogP contribution in [-0.4, -0.2) is 42.3 Å². The van der Waals surface area contributed by atoms with Crippen molar-refractivity contribution in [2.75, 3.05) is 23.7 Å². The Labute approximate surface area is 174 Å². The van der Waals surface area contributed by atoms with Gasteiger partial charge >= 0.3 is 7.12 Å². The van der Waals surface area contributed by atoms with Crippen LogP contribution >= 0.6 is 11.8 Å². The van der Waals surface area contributed by atoms with Crippen molar-refractivity contribution in [3.8, 4) is 0 Å². The first-order chi connectivity index (χ1) is 13.2. The Morgan fingerprint density at radius 2 is 1.71 bits per heavy atom. The summed E-state index contributed by atoms with van der Waals surface area (Å²) in [6.07, 6.45) is 5.95. The van der Waals surface area contributed by atoms with Gasteiger partial charge in [0.15, 0.2) is 5.12 Å². The SMILES string of the molecule is CC(=O)SCC(=Cc1ccccc1N1CCCCC1)B1OC(C)(C)C(C)(C)O1. The summed E-state index contributed by atoms with van der Waals surface area (Å²) in [6.45, 7) is 12.0. The molecule has 4 nitrogen and oxygen atoms in total. The molecule has 6 heteroatoms. The number of carbonyl (C=O) groups is 1. The van der Waals surface area contributed by atoms with Crippen molar-refractivity contribution in [1.82, 2.24) is 0 Å². The third-order valence-corrected chi connectivity index (χ3v) is 6.86. The summed E-state index contributed by atoms with van der Waals surface area (Å²) in [7, 11) is -0.439. The van der Waals surface area contributed by atoms with Gasteiger partial charge in [-0.25, -0.2) is 0 Å². The van der Waals surface area contributed by atoms with E-state index in [1.807, 2.05) is 0 Å². The van der Waals surface area contributed by atoms with Crippen molar-refractivity contribution in [3.05, 3.63) is 35.3 Å². The van der Waals surface area contributed by atoms with Gasteiger partial charge in [0.2, 0.25) is 0 Å². The molecular weight excluding hydrogens is 369 g/mol. The van der Waals surface area contributed by atoms with Crippen molar-refractivity contribution in [2.24, 2.45) is 0 Å². The smallest absolute Gasteiger partial charge is 0.400 e. The Morgan fingerprint density at radius 3 is 2.32 bits per heavy atom. The molecule has 2 aliphatic rings. The minimum atomic E-state index is -0.439. The number of thioether (sulfide) groups is 1. The number of hydrogen-bond donors (Lipinski definition) is 0. The van der Waals surface area contributed by atoms with E-state index < -0.39 is 18.3 Å². The van der Waals surface area contributed by atoms with Crippen molar-refractivity contribution < 1.29 is 14.1 Å². The highest BCUT2D eigenvalue weighted by Gasteiger charge is 2.52. The largest absolute Gasteiger partial charge is 0.491 e. The lowest BCUT2D eigenvalue weighted by atomic mass is 9.78. The maximum atomic E-state index is 11.6. The summed E-state index contributed by atoms with van der Waals surface area (Å²) in [5, 5.41) is 0.103. The van der Waals surface area contributed by atoms with Gasteiger partial charge in [0.1, 0.15) is 0 Å². The molecule has 0 saturated carbocycles. The van der Waals surface area contributed by atoms with Gasteiger partial charge in [-0.15, -0.1) is 0 Å². The number of carbonyl (C=O) groups excluding carboxylic acids is 1. The maximum absolute atomic E-state index is 11.6.